The van der Waals surface area contributed by atoms with Gasteiger partial charge < -0.3 is 26.0 Å². The van der Waals surface area contributed by atoms with Gasteiger partial charge in [0.2, 0.25) is 0 Å². The second-order valence-corrected chi connectivity index (χ2v) is 4.11. The monoisotopic (exact) mass is 246 g/mol. The van der Waals surface area contributed by atoms with Crippen molar-refractivity contribution in [3.05, 3.63) is 0 Å². The summed E-state index contributed by atoms with van der Waals surface area (Å²) >= 11 is 0. The van der Waals surface area contributed by atoms with Crippen molar-refractivity contribution in [2.75, 3.05) is 13.1 Å². The van der Waals surface area contributed by atoms with Crippen LogP contribution in [-0.4, -0.2) is 58.5 Å². The predicted octanol–water partition coefficient (Wildman–Crippen LogP) is -1.38. The minimum Gasteiger partial charge on any atom is -0.480 e. The molecule has 0 aromatic carbocycles. The summed E-state index contributed by atoms with van der Waals surface area (Å²) < 4.78 is 0. The summed E-state index contributed by atoms with van der Waals surface area (Å²) in [5, 5.41) is 31.1. The molecular formula is C10H18N2O5. The minimum absolute atomic E-state index is 0.269. The predicted molar refractivity (Wildman–Crippen MR) is 58.7 cm³/mol. The zero-order chi connectivity index (χ0) is 12.8. The zero-order valence-corrected chi connectivity index (χ0v) is 9.43. The fourth-order valence-electron chi connectivity index (χ4n) is 1.84. The Kier molecular flexibility index (Phi) is 5.33. The fourth-order valence-corrected chi connectivity index (χ4v) is 1.84. The molecule has 0 aliphatic carbocycles. The number of carboxylic acid groups (broad SMARTS) is 2. The maximum absolute atomic E-state index is 10.2. The van der Waals surface area contributed by atoms with Crippen LogP contribution < -0.4 is 10.6 Å². The van der Waals surface area contributed by atoms with Gasteiger partial charge in [-0.3, -0.25) is 9.59 Å². The first-order valence-electron chi connectivity index (χ1n) is 5.63. The molecule has 2 saturated heterocycles. The van der Waals surface area contributed by atoms with Gasteiger partial charge in [0.25, 0.3) is 0 Å². The third kappa shape index (κ3) is 4.29. The molecule has 2 aliphatic rings. The Morgan fingerprint density at radius 2 is 1.71 bits per heavy atom. The van der Waals surface area contributed by atoms with Crippen molar-refractivity contribution in [2.45, 2.75) is 37.5 Å². The second-order valence-electron chi connectivity index (χ2n) is 4.11. The highest BCUT2D eigenvalue weighted by atomic mass is 16.4. The molecule has 0 aromatic heterocycles. The van der Waals surface area contributed by atoms with E-state index in [1.807, 2.05) is 0 Å². The first-order chi connectivity index (χ1) is 8.02. The maximum Gasteiger partial charge on any atom is 0.323 e. The van der Waals surface area contributed by atoms with Crippen LogP contribution >= 0.6 is 0 Å². The van der Waals surface area contributed by atoms with Crippen LogP contribution in [0.1, 0.15) is 19.3 Å². The molecule has 0 bridgehead atoms. The van der Waals surface area contributed by atoms with Gasteiger partial charge in [-0.1, -0.05) is 0 Å². The Morgan fingerprint density at radius 3 is 1.94 bits per heavy atom. The van der Waals surface area contributed by atoms with Crippen molar-refractivity contribution < 1.29 is 24.9 Å². The van der Waals surface area contributed by atoms with Crippen molar-refractivity contribution in [3.8, 4) is 0 Å². The van der Waals surface area contributed by atoms with E-state index in [2.05, 4.69) is 10.6 Å². The summed E-state index contributed by atoms with van der Waals surface area (Å²) in [4.78, 5) is 20.3. The average Bonchev–Trinajstić information content (AvgIpc) is 2.87. The molecule has 5 N–H and O–H groups in total. The number of hydrogen-bond acceptors (Lipinski definition) is 5. The molecule has 98 valence electrons. The minimum atomic E-state index is -0.972. The normalized spacial score (nSPS) is 31.7. The number of carbonyl (C=O) groups is 2. The molecule has 1 unspecified atom stereocenters. The SMILES string of the molecule is O=C(O)[C@@H]1CCCN1.O=C(O)[C@H]1NCCC1O. The van der Waals surface area contributed by atoms with Gasteiger partial charge in [0, 0.05) is 0 Å². The molecule has 0 aromatic rings. The van der Waals surface area contributed by atoms with Gasteiger partial charge in [0.1, 0.15) is 12.1 Å². The number of rotatable bonds is 2. The molecule has 7 nitrogen and oxygen atoms in total. The Morgan fingerprint density at radius 1 is 1.00 bits per heavy atom. The van der Waals surface area contributed by atoms with Gasteiger partial charge in [-0.05, 0) is 32.4 Å². The molecule has 0 saturated carbocycles. The Hall–Kier alpha value is -1.18. The summed E-state index contributed by atoms with van der Waals surface area (Å²) in [7, 11) is 0. The molecular weight excluding hydrogens is 228 g/mol. The third-order valence-electron chi connectivity index (χ3n) is 2.81. The van der Waals surface area contributed by atoms with E-state index in [9.17, 15) is 9.59 Å². The Balaban J connectivity index is 0.000000171. The van der Waals surface area contributed by atoms with Crippen LogP contribution in [0.2, 0.25) is 0 Å². The lowest BCUT2D eigenvalue weighted by Crippen LogP contribution is -2.38. The van der Waals surface area contributed by atoms with Crippen molar-refractivity contribution in [2.24, 2.45) is 0 Å². The maximum atomic E-state index is 10.2. The highest BCUT2D eigenvalue weighted by Gasteiger charge is 2.30. The number of carboxylic acids is 2. The summed E-state index contributed by atoms with van der Waals surface area (Å²) in [5.74, 6) is -1.69. The lowest BCUT2D eigenvalue weighted by atomic mass is 10.2. The first kappa shape index (κ1) is 13.9. The largest absolute Gasteiger partial charge is 0.480 e. The molecule has 17 heavy (non-hydrogen) atoms. The topological polar surface area (TPSA) is 119 Å². The Labute approximate surface area is 98.8 Å². The molecule has 2 fully saturated rings. The first-order valence-corrected chi connectivity index (χ1v) is 5.63. The quantitative estimate of drug-likeness (QED) is 0.407. The van der Waals surface area contributed by atoms with Crippen LogP contribution in [0.15, 0.2) is 0 Å². The fraction of sp³-hybridized carbons (Fsp3) is 0.800. The van der Waals surface area contributed by atoms with E-state index in [1.165, 1.54) is 0 Å². The summed E-state index contributed by atoms with van der Waals surface area (Å²) in [6.07, 6.45) is 1.62. The number of aliphatic hydroxyl groups excluding tert-OH is 1. The van der Waals surface area contributed by atoms with Crippen LogP contribution in [-0.2, 0) is 9.59 Å². The third-order valence-corrected chi connectivity index (χ3v) is 2.81. The van der Waals surface area contributed by atoms with Crippen LogP contribution in [0.25, 0.3) is 0 Å². The molecule has 7 heteroatoms. The van der Waals surface area contributed by atoms with Crippen molar-refractivity contribution in [1.82, 2.24) is 10.6 Å². The number of nitrogens with one attached hydrogen (secondary N) is 2. The van der Waals surface area contributed by atoms with Gasteiger partial charge in [-0.25, -0.2) is 0 Å². The lowest BCUT2D eigenvalue weighted by Gasteiger charge is -2.06. The molecule has 0 radical (unpaired) electrons. The smallest absolute Gasteiger partial charge is 0.323 e. The number of aliphatic hydroxyl groups is 1. The van der Waals surface area contributed by atoms with Crippen molar-refractivity contribution in [1.29, 1.82) is 0 Å². The van der Waals surface area contributed by atoms with Crippen molar-refractivity contribution in [3.63, 3.8) is 0 Å². The second kappa shape index (κ2) is 6.53. The summed E-state index contributed by atoms with van der Waals surface area (Å²) in [5.41, 5.74) is 0. The molecule has 2 heterocycles. The summed E-state index contributed by atoms with van der Waals surface area (Å²) in [6, 6.07) is -1.01. The van der Waals surface area contributed by atoms with Crippen LogP contribution in [0.3, 0.4) is 0 Å². The molecule has 2 rings (SSSR count). The van der Waals surface area contributed by atoms with E-state index < -0.39 is 24.1 Å². The number of aliphatic carboxylic acids is 2. The highest BCUT2D eigenvalue weighted by Crippen LogP contribution is 2.05. The molecule has 2 aliphatic heterocycles. The van der Waals surface area contributed by atoms with Gasteiger partial charge >= 0.3 is 11.9 Å². The standard InChI is InChI=1S/C5H9NO3.C5H9NO2/c7-3-1-2-6-4(3)5(8)9;7-5(8)4-2-1-3-6-4/h3-4,6-7H,1-2H2,(H,8,9);4,6H,1-3H2,(H,7,8)/t3?,4-;4-/m00/s1. The zero-order valence-electron chi connectivity index (χ0n) is 9.43. The molecule has 0 amide bonds. The van der Waals surface area contributed by atoms with E-state index in [0.717, 1.165) is 19.4 Å². The molecule has 3 atom stereocenters. The lowest BCUT2D eigenvalue weighted by molar-refractivity contribution is -0.141. The van der Waals surface area contributed by atoms with Crippen molar-refractivity contribution >= 4 is 11.9 Å². The van der Waals surface area contributed by atoms with E-state index in [-0.39, 0.29) is 6.04 Å². The van der Waals surface area contributed by atoms with Gasteiger partial charge in [0.05, 0.1) is 6.10 Å². The highest BCUT2D eigenvalue weighted by molar-refractivity contribution is 5.74. The van der Waals surface area contributed by atoms with Crippen LogP contribution in [0, 0.1) is 0 Å². The van der Waals surface area contributed by atoms with E-state index >= 15 is 0 Å². The van der Waals surface area contributed by atoms with E-state index in [1.54, 1.807) is 0 Å². The summed E-state index contributed by atoms with van der Waals surface area (Å²) in [6.45, 7) is 1.45. The van der Waals surface area contributed by atoms with Crippen LogP contribution in [0.4, 0.5) is 0 Å². The van der Waals surface area contributed by atoms with E-state index in [0.29, 0.717) is 13.0 Å². The average molecular weight is 246 g/mol. The van der Waals surface area contributed by atoms with E-state index in [4.69, 9.17) is 15.3 Å². The number of hydrogen-bond donors (Lipinski definition) is 5. The van der Waals surface area contributed by atoms with Gasteiger partial charge in [-0.15, -0.1) is 0 Å². The van der Waals surface area contributed by atoms with Gasteiger partial charge in [0.15, 0.2) is 0 Å². The molecule has 0 spiro atoms. The van der Waals surface area contributed by atoms with Crippen LogP contribution in [0.5, 0.6) is 0 Å². The Bertz CT molecular complexity index is 278. The van der Waals surface area contributed by atoms with Gasteiger partial charge in [-0.2, -0.15) is 0 Å².